The van der Waals surface area contributed by atoms with E-state index in [0.717, 1.165) is 13.1 Å². The average Bonchev–Trinajstić information content (AvgIpc) is 2.92. The van der Waals surface area contributed by atoms with E-state index in [4.69, 9.17) is 9.84 Å². The van der Waals surface area contributed by atoms with Crippen LogP contribution in [0.2, 0.25) is 0 Å². The lowest BCUT2D eigenvalue weighted by atomic mass is 10.2. The molecule has 2 saturated heterocycles. The van der Waals surface area contributed by atoms with Gasteiger partial charge in [0.05, 0.1) is 12.7 Å². The second-order valence-corrected chi connectivity index (χ2v) is 5.52. The minimum absolute atomic E-state index is 0.0345. The van der Waals surface area contributed by atoms with E-state index >= 15 is 0 Å². The molecule has 0 bridgehead atoms. The first kappa shape index (κ1) is 15.8. The number of morpholine rings is 1. The minimum atomic E-state index is -1.07. The topological polar surface area (TPSA) is 90.9 Å². The van der Waals surface area contributed by atoms with Crippen molar-refractivity contribution in [2.45, 2.75) is 37.5 Å². The van der Waals surface area contributed by atoms with Crippen LogP contribution in [0.15, 0.2) is 12.7 Å². The van der Waals surface area contributed by atoms with Crippen LogP contribution in [0.1, 0.15) is 19.3 Å². The Labute approximate surface area is 124 Å². The maximum Gasteiger partial charge on any atom is 0.326 e. The number of carbonyl (C=O) groups excluding carboxylic acids is 1. The van der Waals surface area contributed by atoms with Crippen LogP contribution >= 0.6 is 0 Å². The molecule has 2 fully saturated rings. The highest BCUT2D eigenvalue weighted by Crippen LogP contribution is 2.22. The molecule has 2 aliphatic heterocycles. The van der Waals surface area contributed by atoms with Crippen molar-refractivity contribution in [2.24, 2.45) is 0 Å². The van der Waals surface area contributed by atoms with Gasteiger partial charge in [0.1, 0.15) is 6.04 Å². The fourth-order valence-corrected chi connectivity index (χ4v) is 2.81. The number of urea groups is 1. The van der Waals surface area contributed by atoms with Crippen molar-refractivity contribution in [3.05, 3.63) is 12.7 Å². The number of ether oxygens (including phenoxy) is 1. The lowest BCUT2D eigenvalue weighted by Crippen LogP contribution is -2.52. The lowest BCUT2D eigenvalue weighted by molar-refractivity contribution is -0.139. The molecular formula is C14H23N3O4. The average molecular weight is 297 g/mol. The van der Waals surface area contributed by atoms with Gasteiger partial charge in [-0.3, -0.25) is 4.90 Å². The summed E-state index contributed by atoms with van der Waals surface area (Å²) in [6.07, 6.45) is 4.02. The summed E-state index contributed by atoms with van der Waals surface area (Å²) in [5.41, 5.74) is 0. The first-order valence-corrected chi connectivity index (χ1v) is 7.34. The third-order valence-corrected chi connectivity index (χ3v) is 3.96. The zero-order chi connectivity index (χ0) is 15.2. The van der Waals surface area contributed by atoms with E-state index in [1.807, 2.05) is 0 Å². The minimum Gasteiger partial charge on any atom is -0.480 e. The molecule has 2 amide bonds. The molecule has 3 N–H and O–H groups in total. The summed E-state index contributed by atoms with van der Waals surface area (Å²) in [6, 6.07) is -0.909. The van der Waals surface area contributed by atoms with Crippen LogP contribution in [-0.2, 0) is 9.53 Å². The van der Waals surface area contributed by atoms with E-state index < -0.39 is 18.0 Å². The predicted molar refractivity (Wildman–Crippen MR) is 77.1 cm³/mol. The number of nitrogens with one attached hydrogen (secondary N) is 2. The predicted octanol–water partition coefficient (Wildman–Crippen LogP) is 0.178. The van der Waals surface area contributed by atoms with Crippen molar-refractivity contribution in [3.63, 3.8) is 0 Å². The van der Waals surface area contributed by atoms with E-state index in [-0.39, 0.29) is 12.5 Å². The van der Waals surface area contributed by atoms with Crippen molar-refractivity contribution in [3.8, 4) is 0 Å². The second kappa shape index (κ2) is 7.42. The van der Waals surface area contributed by atoms with E-state index in [9.17, 15) is 9.59 Å². The van der Waals surface area contributed by atoms with E-state index in [1.54, 1.807) is 0 Å². The maximum atomic E-state index is 11.7. The molecule has 2 aliphatic rings. The molecule has 0 aliphatic carbocycles. The normalized spacial score (nSPS) is 26.7. The van der Waals surface area contributed by atoms with Gasteiger partial charge in [0, 0.05) is 19.1 Å². The van der Waals surface area contributed by atoms with Gasteiger partial charge in [-0.15, -0.1) is 6.58 Å². The van der Waals surface area contributed by atoms with Crippen LogP contribution in [0.4, 0.5) is 4.79 Å². The Morgan fingerprint density at radius 1 is 1.52 bits per heavy atom. The zero-order valence-electron chi connectivity index (χ0n) is 12.1. The van der Waals surface area contributed by atoms with Crippen LogP contribution < -0.4 is 10.6 Å². The molecule has 0 aromatic carbocycles. The van der Waals surface area contributed by atoms with Gasteiger partial charge in [-0.05, 0) is 25.8 Å². The van der Waals surface area contributed by atoms with Gasteiger partial charge >= 0.3 is 12.0 Å². The van der Waals surface area contributed by atoms with Crippen LogP contribution in [0.25, 0.3) is 0 Å². The third kappa shape index (κ3) is 4.44. The fraction of sp³-hybridized carbons (Fsp3) is 0.714. The Morgan fingerprint density at radius 2 is 2.33 bits per heavy atom. The van der Waals surface area contributed by atoms with Gasteiger partial charge in [0.15, 0.2) is 0 Å². The smallest absolute Gasteiger partial charge is 0.326 e. The van der Waals surface area contributed by atoms with Gasteiger partial charge in [0.2, 0.25) is 0 Å². The Bertz CT molecular complexity index is 402. The highest BCUT2D eigenvalue weighted by atomic mass is 16.5. The first-order valence-electron chi connectivity index (χ1n) is 7.34. The Morgan fingerprint density at radius 3 is 3.05 bits per heavy atom. The van der Waals surface area contributed by atoms with Gasteiger partial charge in [-0.2, -0.15) is 0 Å². The molecule has 118 valence electrons. The van der Waals surface area contributed by atoms with Gasteiger partial charge in [-0.1, -0.05) is 6.08 Å². The number of aliphatic carboxylic acids is 1. The molecule has 7 heteroatoms. The van der Waals surface area contributed by atoms with E-state index in [2.05, 4.69) is 22.1 Å². The third-order valence-electron chi connectivity index (χ3n) is 3.96. The number of carboxylic acid groups (broad SMARTS) is 1. The molecule has 7 nitrogen and oxygen atoms in total. The first-order chi connectivity index (χ1) is 10.1. The Kier molecular flexibility index (Phi) is 5.58. The zero-order valence-corrected chi connectivity index (χ0v) is 12.1. The van der Waals surface area contributed by atoms with Crippen molar-refractivity contribution in [1.29, 1.82) is 0 Å². The second-order valence-electron chi connectivity index (χ2n) is 5.52. The summed E-state index contributed by atoms with van der Waals surface area (Å²) in [7, 11) is 0. The monoisotopic (exact) mass is 297 g/mol. The molecule has 0 saturated carbocycles. The molecule has 3 unspecified atom stereocenters. The number of carbonyl (C=O) groups is 2. The molecule has 2 heterocycles. The summed E-state index contributed by atoms with van der Waals surface area (Å²) in [6.45, 7) is 6.49. The summed E-state index contributed by atoms with van der Waals surface area (Å²) >= 11 is 0. The van der Waals surface area contributed by atoms with Crippen molar-refractivity contribution < 1.29 is 19.4 Å². The molecular weight excluding hydrogens is 274 g/mol. The standard InChI is InChI=1S/C14H23N3O4/c1-2-4-12(13(18)19)16-14(20)15-7-11-8-17-6-3-5-10(17)9-21-11/h2,10-12H,1,3-9H2,(H,18,19)(H2,15,16,20). The summed E-state index contributed by atoms with van der Waals surface area (Å²) in [4.78, 5) is 25.0. The van der Waals surface area contributed by atoms with Crippen LogP contribution in [-0.4, -0.2) is 66.4 Å². The van der Waals surface area contributed by atoms with Gasteiger partial charge in [-0.25, -0.2) is 9.59 Å². The number of hydrogen-bond donors (Lipinski definition) is 3. The SMILES string of the molecule is C=CCC(NC(=O)NCC1CN2CCCC2CO1)C(=O)O. The highest BCUT2D eigenvalue weighted by molar-refractivity contribution is 5.82. The number of amides is 2. The number of carboxylic acids is 1. The fourth-order valence-electron chi connectivity index (χ4n) is 2.81. The molecule has 0 radical (unpaired) electrons. The Balaban J connectivity index is 1.71. The summed E-state index contributed by atoms with van der Waals surface area (Å²) in [5, 5.41) is 14.0. The molecule has 0 spiro atoms. The highest BCUT2D eigenvalue weighted by Gasteiger charge is 2.32. The van der Waals surface area contributed by atoms with Gasteiger partial charge < -0.3 is 20.5 Å². The number of hydrogen-bond acceptors (Lipinski definition) is 4. The summed E-state index contributed by atoms with van der Waals surface area (Å²) in [5.74, 6) is -1.07. The lowest BCUT2D eigenvalue weighted by Gasteiger charge is -2.35. The van der Waals surface area contributed by atoms with Crippen LogP contribution in [0.5, 0.6) is 0 Å². The molecule has 0 aromatic rings. The van der Waals surface area contributed by atoms with Crippen molar-refractivity contribution in [2.75, 3.05) is 26.2 Å². The molecule has 3 atom stereocenters. The van der Waals surface area contributed by atoms with Gasteiger partial charge in [0.25, 0.3) is 0 Å². The largest absolute Gasteiger partial charge is 0.480 e. The molecule has 2 rings (SSSR count). The van der Waals surface area contributed by atoms with Crippen molar-refractivity contribution in [1.82, 2.24) is 15.5 Å². The van der Waals surface area contributed by atoms with E-state index in [0.29, 0.717) is 19.2 Å². The molecule has 21 heavy (non-hydrogen) atoms. The van der Waals surface area contributed by atoms with Crippen molar-refractivity contribution >= 4 is 12.0 Å². The quantitative estimate of drug-likeness (QED) is 0.608. The number of nitrogens with zero attached hydrogens (tertiary/aromatic N) is 1. The van der Waals surface area contributed by atoms with Crippen LogP contribution in [0.3, 0.4) is 0 Å². The number of rotatable bonds is 6. The molecule has 0 aromatic heterocycles. The van der Waals surface area contributed by atoms with E-state index in [1.165, 1.54) is 18.9 Å². The Hall–Kier alpha value is -1.60. The summed E-state index contributed by atoms with van der Waals surface area (Å²) < 4.78 is 5.73. The van der Waals surface area contributed by atoms with Crippen LogP contribution in [0, 0.1) is 0 Å². The maximum absolute atomic E-state index is 11.7. The number of fused-ring (bicyclic) bond motifs is 1.